The molecule has 12 heteroatoms. The van der Waals surface area contributed by atoms with Gasteiger partial charge in [-0.15, -0.1) is 0 Å². The number of sulfone groups is 1. The van der Waals surface area contributed by atoms with Crippen molar-refractivity contribution in [1.29, 1.82) is 0 Å². The number of rotatable bonds is 6. The van der Waals surface area contributed by atoms with Gasteiger partial charge in [-0.2, -0.15) is 5.10 Å². The SMILES string of the molecule is Cc1cc(CC(=O)N2CCC(Oc3ncnc4c3cnn4-c3ccc(S(C)(=O)=O)cc3)CC2)on1. The summed E-state index contributed by atoms with van der Waals surface area (Å²) >= 11 is 0. The van der Waals surface area contributed by atoms with Gasteiger partial charge in [-0.1, -0.05) is 5.16 Å². The number of amides is 1. The van der Waals surface area contributed by atoms with E-state index < -0.39 is 9.84 Å². The van der Waals surface area contributed by atoms with Crippen LogP contribution in [0.2, 0.25) is 0 Å². The van der Waals surface area contributed by atoms with Gasteiger partial charge in [-0.05, 0) is 31.2 Å². The number of piperidine rings is 1. The topological polar surface area (TPSA) is 133 Å². The third kappa shape index (κ3) is 4.87. The maximum atomic E-state index is 12.6. The first kappa shape index (κ1) is 23.0. The first-order valence-corrected chi connectivity index (χ1v) is 13.0. The van der Waals surface area contributed by atoms with Gasteiger partial charge in [0.1, 0.15) is 23.6 Å². The highest BCUT2D eigenvalue weighted by Gasteiger charge is 2.26. The summed E-state index contributed by atoms with van der Waals surface area (Å²) in [6.45, 7) is 2.98. The fourth-order valence-electron chi connectivity index (χ4n) is 4.08. The lowest BCUT2D eigenvalue weighted by molar-refractivity contribution is -0.132. The highest BCUT2D eigenvalue weighted by Crippen LogP contribution is 2.26. The van der Waals surface area contributed by atoms with Gasteiger partial charge in [0.25, 0.3) is 0 Å². The lowest BCUT2D eigenvalue weighted by atomic mass is 10.1. The Balaban J connectivity index is 1.26. The Morgan fingerprint density at radius 1 is 1.17 bits per heavy atom. The van der Waals surface area contributed by atoms with Crippen LogP contribution < -0.4 is 4.74 Å². The van der Waals surface area contributed by atoms with Crippen molar-refractivity contribution < 1.29 is 22.5 Å². The maximum Gasteiger partial charge on any atom is 0.230 e. The fourth-order valence-corrected chi connectivity index (χ4v) is 4.71. The molecule has 4 aromatic rings. The summed E-state index contributed by atoms with van der Waals surface area (Å²) in [6, 6.07) is 8.20. The number of likely N-dealkylation sites (tertiary alicyclic amines) is 1. The Kier molecular flexibility index (Phi) is 5.97. The maximum absolute atomic E-state index is 12.6. The molecule has 1 amide bonds. The largest absolute Gasteiger partial charge is 0.474 e. The Morgan fingerprint density at radius 3 is 2.57 bits per heavy atom. The molecule has 11 nitrogen and oxygen atoms in total. The van der Waals surface area contributed by atoms with E-state index in [9.17, 15) is 13.2 Å². The van der Waals surface area contributed by atoms with Gasteiger partial charge in [0.15, 0.2) is 15.5 Å². The van der Waals surface area contributed by atoms with Crippen molar-refractivity contribution in [3.63, 3.8) is 0 Å². The monoisotopic (exact) mass is 496 g/mol. The van der Waals surface area contributed by atoms with Crippen LogP contribution in [-0.2, 0) is 21.1 Å². The minimum atomic E-state index is -3.29. The van der Waals surface area contributed by atoms with E-state index in [1.165, 1.54) is 24.7 Å². The molecular formula is C23H24N6O5S. The van der Waals surface area contributed by atoms with Crippen LogP contribution in [0.15, 0.2) is 52.3 Å². The first-order chi connectivity index (χ1) is 16.8. The van der Waals surface area contributed by atoms with Crippen molar-refractivity contribution in [2.75, 3.05) is 19.3 Å². The number of nitrogens with zero attached hydrogens (tertiary/aromatic N) is 6. The van der Waals surface area contributed by atoms with Crippen molar-refractivity contribution in [2.45, 2.75) is 37.2 Å². The van der Waals surface area contributed by atoms with E-state index in [2.05, 4.69) is 20.2 Å². The molecule has 1 aliphatic rings. The van der Waals surface area contributed by atoms with E-state index >= 15 is 0 Å². The predicted octanol–water partition coefficient (Wildman–Crippen LogP) is 2.13. The zero-order valence-electron chi connectivity index (χ0n) is 19.3. The second-order valence-corrected chi connectivity index (χ2v) is 10.6. The molecule has 3 aromatic heterocycles. The minimum Gasteiger partial charge on any atom is -0.474 e. The zero-order valence-corrected chi connectivity index (χ0v) is 20.1. The quantitative estimate of drug-likeness (QED) is 0.393. The van der Waals surface area contributed by atoms with Crippen LogP contribution in [0.4, 0.5) is 0 Å². The highest BCUT2D eigenvalue weighted by atomic mass is 32.2. The molecule has 1 aromatic carbocycles. The first-order valence-electron chi connectivity index (χ1n) is 11.1. The number of benzene rings is 1. The molecule has 35 heavy (non-hydrogen) atoms. The summed E-state index contributed by atoms with van der Waals surface area (Å²) in [5, 5.41) is 8.88. The van der Waals surface area contributed by atoms with E-state index in [0.29, 0.717) is 54.3 Å². The highest BCUT2D eigenvalue weighted by molar-refractivity contribution is 7.90. The minimum absolute atomic E-state index is 0.00666. The van der Waals surface area contributed by atoms with Crippen molar-refractivity contribution in [3.8, 4) is 11.6 Å². The van der Waals surface area contributed by atoms with Gasteiger partial charge in [-0.3, -0.25) is 4.79 Å². The second kappa shape index (κ2) is 9.10. The van der Waals surface area contributed by atoms with Gasteiger partial charge in [0.2, 0.25) is 11.8 Å². The summed E-state index contributed by atoms with van der Waals surface area (Å²) in [6.07, 6.45) is 5.67. The molecule has 0 unspecified atom stereocenters. The van der Waals surface area contributed by atoms with Crippen molar-refractivity contribution >= 4 is 26.8 Å². The van der Waals surface area contributed by atoms with Crippen LogP contribution in [0.25, 0.3) is 16.7 Å². The Hall–Kier alpha value is -3.80. The molecule has 182 valence electrons. The number of hydrogen-bond acceptors (Lipinski definition) is 9. The molecule has 1 aliphatic heterocycles. The average molecular weight is 497 g/mol. The molecule has 4 heterocycles. The number of carbonyl (C=O) groups excluding carboxylic acids is 1. The number of aryl methyl sites for hydroxylation is 1. The standard InChI is InChI=1S/C23H24N6O5S/c1-15-11-18(34-27-15)12-21(30)28-9-7-17(8-10-28)33-23-20-13-26-29(22(20)24-14-25-23)16-3-5-19(6-4-16)35(2,31)32/h3-6,11,13-14,17H,7-10,12H2,1-2H3. The molecule has 5 rings (SSSR count). The van der Waals surface area contributed by atoms with Crippen LogP contribution in [0, 0.1) is 6.92 Å². The van der Waals surface area contributed by atoms with Crippen molar-refractivity contribution in [2.24, 2.45) is 0 Å². The van der Waals surface area contributed by atoms with Crippen LogP contribution in [-0.4, -0.2) is 69.6 Å². The number of aromatic nitrogens is 5. The van der Waals surface area contributed by atoms with Gasteiger partial charge >= 0.3 is 0 Å². The summed E-state index contributed by atoms with van der Waals surface area (Å²) in [5.41, 5.74) is 1.98. The Bertz CT molecular complexity index is 1470. The van der Waals surface area contributed by atoms with Crippen LogP contribution in [0.5, 0.6) is 5.88 Å². The van der Waals surface area contributed by atoms with Crippen LogP contribution in [0.3, 0.4) is 0 Å². The van der Waals surface area contributed by atoms with E-state index in [0.717, 1.165) is 5.69 Å². The molecule has 1 saturated heterocycles. The molecule has 0 spiro atoms. The van der Waals surface area contributed by atoms with E-state index in [1.807, 2.05) is 11.8 Å². The van der Waals surface area contributed by atoms with Gasteiger partial charge in [0.05, 0.1) is 28.9 Å². The normalized spacial score (nSPS) is 15.0. The van der Waals surface area contributed by atoms with Crippen LogP contribution in [0.1, 0.15) is 24.3 Å². The van der Waals surface area contributed by atoms with Gasteiger partial charge in [-0.25, -0.2) is 23.1 Å². The van der Waals surface area contributed by atoms with E-state index in [1.54, 1.807) is 29.1 Å². The van der Waals surface area contributed by atoms with Crippen molar-refractivity contribution in [1.82, 2.24) is 29.8 Å². The predicted molar refractivity (Wildman–Crippen MR) is 125 cm³/mol. The number of ether oxygens (including phenoxy) is 1. The number of fused-ring (bicyclic) bond motifs is 1. The average Bonchev–Trinajstić information content (AvgIpc) is 3.45. The van der Waals surface area contributed by atoms with Gasteiger partial charge in [0, 0.05) is 38.3 Å². The lowest BCUT2D eigenvalue weighted by Crippen LogP contribution is -2.42. The lowest BCUT2D eigenvalue weighted by Gasteiger charge is -2.31. The van der Waals surface area contributed by atoms with Gasteiger partial charge < -0.3 is 14.2 Å². The molecule has 0 saturated carbocycles. The Labute approximate surface area is 201 Å². The fraction of sp³-hybridized carbons (Fsp3) is 0.348. The molecule has 0 radical (unpaired) electrons. The van der Waals surface area contributed by atoms with Crippen LogP contribution >= 0.6 is 0 Å². The number of hydrogen-bond donors (Lipinski definition) is 0. The zero-order chi connectivity index (χ0) is 24.6. The third-order valence-electron chi connectivity index (χ3n) is 5.91. The third-order valence-corrected chi connectivity index (χ3v) is 7.04. The van der Waals surface area contributed by atoms with Crippen molar-refractivity contribution in [3.05, 3.63) is 54.3 Å². The van der Waals surface area contributed by atoms with E-state index in [4.69, 9.17) is 9.26 Å². The molecule has 0 bridgehead atoms. The smallest absolute Gasteiger partial charge is 0.230 e. The molecule has 1 fully saturated rings. The second-order valence-electron chi connectivity index (χ2n) is 8.55. The molecule has 0 aliphatic carbocycles. The molecule has 0 atom stereocenters. The summed E-state index contributed by atoms with van der Waals surface area (Å²) < 4.78 is 36.4. The number of carbonyl (C=O) groups is 1. The summed E-state index contributed by atoms with van der Waals surface area (Å²) in [5.74, 6) is 1.00. The summed E-state index contributed by atoms with van der Waals surface area (Å²) in [7, 11) is -3.29. The molecule has 0 N–H and O–H groups in total. The van der Waals surface area contributed by atoms with E-state index in [-0.39, 0.29) is 23.3 Å². The Morgan fingerprint density at radius 2 is 1.91 bits per heavy atom. The summed E-state index contributed by atoms with van der Waals surface area (Å²) in [4.78, 5) is 23.3. The molecular weight excluding hydrogens is 472 g/mol.